The molecule has 6 heteroatoms. The van der Waals surface area contributed by atoms with E-state index in [2.05, 4.69) is 10.2 Å². The van der Waals surface area contributed by atoms with Crippen molar-refractivity contribution in [1.82, 2.24) is 10.2 Å². The van der Waals surface area contributed by atoms with Gasteiger partial charge in [-0.25, -0.2) is 4.79 Å². The van der Waals surface area contributed by atoms with Gasteiger partial charge < -0.3 is 15.2 Å². The number of carboxylic acid groups (broad SMARTS) is 1. The third-order valence-corrected chi connectivity index (χ3v) is 3.26. The molecule has 0 radical (unpaired) electrons. The number of amides is 1. The average Bonchev–Trinajstić information content (AvgIpc) is 2.42. The second-order valence-corrected chi connectivity index (χ2v) is 4.62. The number of hydrogen-bond donors (Lipinski definition) is 2. The van der Waals surface area contributed by atoms with Gasteiger partial charge in [0.05, 0.1) is 13.2 Å². The largest absolute Gasteiger partial charge is 0.478 e. The summed E-state index contributed by atoms with van der Waals surface area (Å²) in [6.07, 6.45) is 0.852. The minimum Gasteiger partial charge on any atom is -0.478 e. The fourth-order valence-corrected chi connectivity index (χ4v) is 1.79. The van der Waals surface area contributed by atoms with Gasteiger partial charge in [-0.2, -0.15) is 0 Å². The maximum Gasteiger partial charge on any atom is 0.331 e. The molecule has 0 saturated carbocycles. The van der Waals surface area contributed by atoms with Gasteiger partial charge >= 0.3 is 5.97 Å². The smallest absolute Gasteiger partial charge is 0.331 e. The van der Waals surface area contributed by atoms with Crippen molar-refractivity contribution in [2.24, 2.45) is 0 Å². The zero-order chi connectivity index (χ0) is 14.3. The van der Waals surface area contributed by atoms with Crippen LogP contribution in [-0.4, -0.2) is 61.3 Å². The van der Waals surface area contributed by atoms with E-state index in [1.807, 2.05) is 0 Å². The number of aliphatic carboxylic acids is 1. The van der Waals surface area contributed by atoms with Crippen molar-refractivity contribution in [3.8, 4) is 0 Å². The molecule has 1 heterocycles. The van der Waals surface area contributed by atoms with E-state index in [1.54, 1.807) is 0 Å². The van der Waals surface area contributed by atoms with Crippen LogP contribution < -0.4 is 5.32 Å². The quantitative estimate of drug-likeness (QED) is 0.534. The van der Waals surface area contributed by atoms with Gasteiger partial charge in [0.2, 0.25) is 5.91 Å². The van der Waals surface area contributed by atoms with Crippen LogP contribution in [0.1, 0.15) is 20.3 Å². The van der Waals surface area contributed by atoms with E-state index in [1.165, 1.54) is 13.8 Å². The molecular weight excluding hydrogens is 248 g/mol. The highest BCUT2D eigenvalue weighted by atomic mass is 16.5. The Morgan fingerprint density at radius 3 is 2.42 bits per heavy atom. The summed E-state index contributed by atoms with van der Waals surface area (Å²) in [6.45, 7) is 7.85. The standard InChI is InChI=1S/C13H22N2O4/c1-10(11(2)13(17)18)12(16)14-4-3-5-15-6-8-19-9-7-15/h3-9H2,1-2H3,(H,14,16)(H,17,18)/b11-10-. The minimum atomic E-state index is -1.05. The summed E-state index contributed by atoms with van der Waals surface area (Å²) in [5.74, 6) is -1.36. The summed E-state index contributed by atoms with van der Waals surface area (Å²) in [5.41, 5.74) is 0.351. The van der Waals surface area contributed by atoms with Crippen LogP contribution in [0.3, 0.4) is 0 Å². The molecule has 2 N–H and O–H groups in total. The first-order valence-electron chi connectivity index (χ1n) is 6.51. The summed E-state index contributed by atoms with van der Waals surface area (Å²) in [5, 5.41) is 11.5. The lowest BCUT2D eigenvalue weighted by molar-refractivity contribution is -0.133. The lowest BCUT2D eigenvalue weighted by Crippen LogP contribution is -2.38. The molecule has 108 valence electrons. The summed E-state index contributed by atoms with van der Waals surface area (Å²) in [4.78, 5) is 24.7. The van der Waals surface area contributed by atoms with Gasteiger partial charge in [-0.05, 0) is 26.8 Å². The highest BCUT2D eigenvalue weighted by Crippen LogP contribution is 2.03. The SMILES string of the molecule is C/C(C(=O)O)=C(\C)C(=O)NCCCN1CCOCC1. The summed E-state index contributed by atoms with van der Waals surface area (Å²) < 4.78 is 5.25. The van der Waals surface area contributed by atoms with Gasteiger partial charge in [0.25, 0.3) is 0 Å². The number of nitrogens with zero attached hydrogens (tertiary/aromatic N) is 1. The number of nitrogens with one attached hydrogen (secondary N) is 1. The second kappa shape index (κ2) is 7.91. The molecule has 6 nitrogen and oxygen atoms in total. The molecule has 1 rings (SSSR count). The third-order valence-electron chi connectivity index (χ3n) is 3.26. The van der Waals surface area contributed by atoms with Crippen LogP contribution in [0.4, 0.5) is 0 Å². The molecule has 0 aliphatic carbocycles. The molecule has 1 amide bonds. The molecule has 0 aromatic heterocycles. The Labute approximate surface area is 113 Å². The van der Waals surface area contributed by atoms with Crippen LogP contribution in [0.2, 0.25) is 0 Å². The van der Waals surface area contributed by atoms with Gasteiger partial charge in [-0.3, -0.25) is 9.69 Å². The van der Waals surface area contributed by atoms with Crippen molar-refractivity contribution in [1.29, 1.82) is 0 Å². The summed E-state index contributed by atoms with van der Waals surface area (Å²) >= 11 is 0. The Hall–Kier alpha value is -1.40. The first kappa shape index (κ1) is 15.7. The highest BCUT2D eigenvalue weighted by Gasteiger charge is 2.13. The molecule has 19 heavy (non-hydrogen) atoms. The number of carbonyl (C=O) groups is 2. The fraction of sp³-hybridized carbons (Fsp3) is 0.692. The Morgan fingerprint density at radius 1 is 1.21 bits per heavy atom. The average molecular weight is 270 g/mol. The summed E-state index contributed by atoms with van der Waals surface area (Å²) in [7, 11) is 0. The van der Waals surface area contributed by atoms with Crippen molar-refractivity contribution in [2.75, 3.05) is 39.4 Å². The molecule has 1 aliphatic rings. The topological polar surface area (TPSA) is 78.9 Å². The van der Waals surface area contributed by atoms with E-state index in [0.717, 1.165) is 39.3 Å². The van der Waals surface area contributed by atoms with Crippen molar-refractivity contribution < 1.29 is 19.4 Å². The molecule has 0 aromatic rings. The molecule has 0 aromatic carbocycles. The molecule has 0 spiro atoms. The number of rotatable bonds is 6. The zero-order valence-corrected chi connectivity index (χ0v) is 11.6. The van der Waals surface area contributed by atoms with E-state index >= 15 is 0 Å². The summed E-state index contributed by atoms with van der Waals surface area (Å²) in [6, 6.07) is 0. The maximum atomic E-state index is 11.7. The van der Waals surface area contributed by atoms with Crippen LogP contribution >= 0.6 is 0 Å². The monoisotopic (exact) mass is 270 g/mol. The molecule has 0 unspecified atom stereocenters. The minimum absolute atomic E-state index is 0.0886. The van der Waals surface area contributed by atoms with Crippen molar-refractivity contribution in [2.45, 2.75) is 20.3 Å². The van der Waals surface area contributed by atoms with E-state index < -0.39 is 5.97 Å². The first-order valence-corrected chi connectivity index (χ1v) is 6.51. The molecule has 1 fully saturated rings. The van der Waals surface area contributed by atoms with Crippen LogP contribution in [0, 0.1) is 0 Å². The van der Waals surface area contributed by atoms with Gasteiger partial charge in [-0.1, -0.05) is 0 Å². The van der Waals surface area contributed by atoms with Gasteiger partial charge in [0, 0.05) is 30.8 Å². The third kappa shape index (κ3) is 5.40. The molecule has 1 saturated heterocycles. The Bertz CT molecular complexity index is 360. The zero-order valence-electron chi connectivity index (χ0n) is 11.6. The maximum absolute atomic E-state index is 11.7. The van der Waals surface area contributed by atoms with Crippen LogP contribution in [0.15, 0.2) is 11.1 Å². The van der Waals surface area contributed by atoms with Gasteiger partial charge in [0.1, 0.15) is 0 Å². The van der Waals surface area contributed by atoms with Crippen LogP contribution in [0.5, 0.6) is 0 Å². The van der Waals surface area contributed by atoms with Crippen molar-refractivity contribution in [3.05, 3.63) is 11.1 Å². The van der Waals surface area contributed by atoms with Crippen molar-refractivity contribution in [3.63, 3.8) is 0 Å². The highest BCUT2D eigenvalue weighted by molar-refractivity contribution is 6.01. The van der Waals surface area contributed by atoms with E-state index in [0.29, 0.717) is 6.54 Å². The number of ether oxygens (including phenoxy) is 1. The predicted molar refractivity (Wildman–Crippen MR) is 70.9 cm³/mol. The lowest BCUT2D eigenvalue weighted by atomic mass is 10.1. The molecular formula is C13H22N2O4. The van der Waals surface area contributed by atoms with E-state index in [4.69, 9.17) is 9.84 Å². The van der Waals surface area contributed by atoms with E-state index in [-0.39, 0.29) is 17.1 Å². The number of carboxylic acids is 1. The first-order chi connectivity index (χ1) is 9.02. The van der Waals surface area contributed by atoms with Crippen molar-refractivity contribution >= 4 is 11.9 Å². The van der Waals surface area contributed by atoms with E-state index in [9.17, 15) is 9.59 Å². The fourth-order valence-electron chi connectivity index (χ4n) is 1.79. The Kier molecular flexibility index (Phi) is 6.52. The Balaban J connectivity index is 2.23. The van der Waals surface area contributed by atoms with Gasteiger partial charge in [0.15, 0.2) is 0 Å². The molecule has 0 atom stereocenters. The van der Waals surface area contributed by atoms with Gasteiger partial charge in [-0.15, -0.1) is 0 Å². The van der Waals surface area contributed by atoms with Crippen LogP contribution in [-0.2, 0) is 14.3 Å². The van der Waals surface area contributed by atoms with Crippen LogP contribution in [0.25, 0.3) is 0 Å². The number of hydrogen-bond acceptors (Lipinski definition) is 4. The molecule has 0 bridgehead atoms. The number of carbonyl (C=O) groups excluding carboxylic acids is 1. The second-order valence-electron chi connectivity index (χ2n) is 4.62. The molecule has 1 aliphatic heterocycles. The number of morpholine rings is 1. The predicted octanol–water partition coefficient (Wildman–Crippen LogP) is 0.246. The Morgan fingerprint density at radius 2 is 1.84 bits per heavy atom. The lowest BCUT2D eigenvalue weighted by Gasteiger charge is -2.26. The normalized spacial score (nSPS) is 17.8.